The average Bonchev–Trinajstić information content (AvgIpc) is 1.55. The van der Waals surface area contributed by atoms with Crippen molar-refractivity contribution >= 4 is 5.91 Å². The van der Waals surface area contributed by atoms with Crippen molar-refractivity contribution in [2.75, 3.05) is 6.61 Å². The van der Waals surface area contributed by atoms with E-state index in [0.717, 1.165) is 125 Å². The molecule has 15 fully saturated rings. The van der Waals surface area contributed by atoms with Crippen molar-refractivity contribution in [1.82, 2.24) is 31.6 Å². The van der Waals surface area contributed by atoms with Gasteiger partial charge < -0.3 is 36.3 Å². The first-order valence-corrected chi connectivity index (χ1v) is 42.2. The van der Waals surface area contributed by atoms with Crippen LogP contribution in [-0.4, -0.2) is 130 Å². The molecular weight excluding hydrogens is 1160 g/mol. The number of rotatable bonds is 19. The van der Waals surface area contributed by atoms with Gasteiger partial charge in [0.25, 0.3) is 0 Å². The predicted molar refractivity (Wildman–Crippen MR) is 375 cm³/mol. The number of hydrogen-bond acceptors (Lipinski definition) is 13. The Bertz CT molecular complexity index is 2390. The average molecular weight is 1300 g/mol. The summed E-state index contributed by atoms with van der Waals surface area (Å²) < 4.78 is 0. The van der Waals surface area contributed by atoms with Gasteiger partial charge in [0.1, 0.15) is 12.1 Å². The normalized spacial score (nSPS) is 47.3. The fraction of sp³-hybridized carbons (Fsp3) is 0.988. The number of nitrogens with one attached hydrogen (secondary N) is 5. The van der Waals surface area contributed by atoms with Gasteiger partial charge in [0, 0.05) is 84.2 Å². The molecule has 0 bridgehead atoms. The van der Waals surface area contributed by atoms with E-state index in [1.165, 1.54) is 218 Å². The van der Waals surface area contributed by atoms with Crippen LogP contribution < -0.4 is 26.7 Å². The standard InChI is InChI=1S/C80H136N10O4/c1-2-52-15-9-12-22-69(52)89-94-49-55-47-53-31-45-66-64-20-10-13-23-70(64)83-74(66)72(53)76(78(55)91)87-85-59-39-35-56(36-40-59)81-57-37-41-60(42-38-57)86-88-77-73-54(32-46-67-65-21-11-14-24-71(65)84-75(67)73)48-68(79(77)92)80(93)82-58-33-27-50(28-34-58)25-26-51-29-43-63(44-30-51)90(61-16-5-3-6-17-61)62-18-7-4-8-19-62/h50-79,81,83-84,89,91-92H,2-49H2,1H3,(H,82,93). The Morgan fingerprint density at radius 2 is 0.936 bits per heavy atom. The number of aliphatic hydroxyl groups is 2. The Balaban J connectivity index is 0.524. The van der Waals surface area contributed by atoms with Crippen molar-refractivity contribution in [3.8, 4) is 0 Å². The first kappa shape index (κ1) is 68.1. The van der Waals surface area contributed by atoms with Gasteiger partial charge in [0.2, 0.25) is 5.91 Å². The lowest BCUT2D eigenvalue weighted by atomic mass is 9.58. The highest BCUT2D eigenvalue weighted by Gasteiger charge is 2.59. The lowest BCUT2D eigenvalue weighted by Gasteiger charge is -2.50. The minimum Gasteiger partial charge on any atom is -0.390 e. The highest BCUT2D eigenvalue weighted by atomic mass is 16.6. The third-order valence-corrected chi connectivity index (χ3v) is 31.0. The van der Waals surface area contributed by atoms with Crippen molar-refractivity contribution in [1.29, 1.82) is 0 Å². The Hall–Kier alpha value is -1.65. The number of amides is 1. The van der Waals surface area contributed by atoms with Crippen LogP contribution in [0.2, 0.25) is 0 Å². The Kier molecular flexibility index (Phi) is 23.3. The summed E-state index contributed by atoms with van der Waals surface area (Å²) in [6.07, 6.45) is 58.8. The summed E-state index contributed by atoms with van der Waals surface area (Å²) in [5.74, 6) is 6.62. The van der Waals surface area contributed by atoms with Gasteiger partial charge in [-0.15, -0.1) is 0 Å². The zero-order valence-corrected chi connectivity index (χ0v) is 59.2. The topological polar surface area (TPSA) is 180 Å². The van der Waals surface area contributed by atoms with E-state index in [0.29, 0.717) is 84.4 Å². The summed E-state index contributed by atoms with van der Waals surface area (Å²) in [5.41, 5.74) is 3.53. The fourth-order valence-electron chi connectivity index (χ4n) is 25.9. The minimum absolute atomic E-state index is 0.0793. The number of carbonyl (C=O) groups is 1. The van der Waals surface area contributed by atoms with E-state index < -0.39 is 18.1 Å². The number of aliphatic hydroxyl groups excluding tert-OH is 2. The van der Waals surface area contributed by atoms with Crippen molar-refractivity contribution < 1.29 is 19.8 Å². The summed E-state index contributed by atoms with van der Waals surface area (Å²) in [5, 5.41) is 62.4. The molecule has 15 aliphatic rings. The molecule has 0 aromatic rings. The minimum atomic E-state index is -0.791. The van der Waals surface area contributed by atoms with Crippen LogP contribution in [0.4, 0.5) is 0 Å². The molecule has 2 aliphatic heterocycles. The van der Waals surface area contributed by atoms with Crippen molar-refractivity contribution in [3.05, 3.63) is 0 Å². The van der Waals surface area contributed by atoms with E-state index >= 15 is 0 Å². The maximum Gasteiger partial charge on any atom is 0.226 e. The molecule has 7 N–H and O–H groups in total. The van der Waals surface area contributed by atoms with E-state index in [4.69, 9.17) is 25.3 Å². The number of hydrogen-bond donors (Lipinski definition) is 7. The molecule has 2 heterocycles. The quantitative estimate of drug-likeness (QED) is 0.0489. The van der Waals surface area contributed by atoms with Gasteiger partial charge in [-0.3, -0.25) is 9.69 Å². The molecule has 1 amide bonds. The first-order chi connectivity index (χ1) is 46.3. The molecule has 20 atom stereocenters. The molecule has 94 heavy (non-hydrogen) atoms. The molecule has 0 aromatic carbocycles. The number of azo groups is 2. The Morgan fingerprint density at radius 1 is 0.457 bits per heavy atom. The molecule has 530 valence electrons. The van der Waals surface area contributed by atoms with Crippen LogP contribution >= 0.6 is 0 Å². The van der Waals surface area contributed by atoms with E-state index in [2.05, 4.69) is 38.6 Å². The van der Waals surface area contributed by atoms with Crippen LogP contribution in [0.5, 0.6) is 0 Å². The van der Waals surface area contributed by atoms with Gasteiger partial charge >= 0.3 is 0 Å². The Labute approximate surface area is 570 Å². The van der Waals surface area contributed by atoms with Gasteiger partial charge in [0.15, 0.2) is 0 Å². The highest BCUT2D eigenvalue weighted by Crippen LogP contribution is 2.56. The van der Waals surface area contributed by atoms with Gasteiger partial charge in [-0.1, -0.05) is 103 Å². The summed E-state index contributed by atoms with van der Waals surface area (Å²) in [7, 11) is 0. The van der Waals surface area contributed by atoms with Crippen LogP contribution in [-0.2, 0) is 9.63 Å². The number of carbonyl (C=O) groups excluding carboxylic acids is 1. The van der Waals surface area contributed by atoms with Crippen LogP contribution in [0.25, 0.3) is 0 Å². The van der Waals surface area contributed by atoms with Crippen LogP contribution in [0.3, 0.4) is 0 Å². The number of hydroxylamine groups is 1. The van der Waals surface area contributed by atoms with Crippen molar-refractivity contribution in [2.24, 2.45) is 97.4 Å². The van der Waals surface area contributed by atoms with Gasteiger partial charge in [-0.2, -0.15) is 25.9 Å². The molecule has 13 aliphatic carbocycles. The first-order valence-electron chi connectivity index (χ1n) is 42.2. The monoisotopic (exact) mass is 1300 g/mol. The summed E-state index contributed by atoms with van der Waals surface area (Å²) >= 11 is 0. The summed E-state index contributed by atoms with van der Waals surface area (Å²) in [6.45, 7) is 2.88. The molecule has 13 saturated carbocycles. The lowest BCUT2D eigenvalue weighted by molar-refractivity contribution is -0.136. The highest BCUT2D eigenvalue weighted by molar-refractivity contribution is 5.80. The number of fused-ring (bicyclic) bond motifs is 10. The van der Waals surface area contributed by atoms with E-state index in [1.807, 2.05) is 0 Å². The molecule has 2 saturated heterocycles. The SMILES string of the molecule is CCC1CCCCC1NOCC1CC2CCC3C4CCCCC4NC3C2C(N=NC2CCC(NC3CCC(N=NC4C(O)C(C(=O)NC5CCC(CCC6CCC(N(C7CCCCC7)C7CCCCC7)CC6)CC5)CC5CCC6C7CCCCC7NC6C54)CC3)CC2)C1O. The zero-order valence-electron chi connectivity index (χ0n) is 59.2. The molecule has 14 heteroatoms. The van der Waals surface area contributed by atoms with Crippen molar-refractivity contribution in [3.63, 3.8) is 0 Å². The third-order valence-electron chi connectivity index (χ3n) is 31.0. The molecule has 20 unspecified atom stereocenters. The fourth-order valence-corrected chi connectivity index (χ4v) is 25.9. The van der Waals surface area contributed by atoms with Gasteiger partial charge in [-0.05, 0) is 259 Å². The maximum absolute atomic E-state index is 14.7. The molecule has 0 spiro atoms. The molecule has 15 rings (SSSR count). The molecule has 14 nitrogen and oxygen atoms in total. The van der Waals surface area contributed by atoms with E-state index in [1.54, 1.807) is 0 Å². The van der Waals surface area contributed by atoms with E-state index in [-0.39, 0.29) is 48.0 Å². The number of nitrogens with zero attached hydrogens (tertiary/aromatic N) is 5. The second-order valence-corrected chi connectivity index (χ2v) is 36.1. The van der Waals surface area contributed by atoms with Crippen LogP contribution in [0.15, 0.2) is 20.5 Å². The van der Waals surface area contributed by atoms with Gasteiger partial charge in [0.05, 0.1) is 36.8 Å². The van der Waals surface area contributed by atoms with E-state index in [9.17, 15) is 15.0 Å². The zero-order chi connectivity index (χ0) is 63.5. The maximum atomic E-state index is 14.7. The summed E-state index contributed by atoms with van der Waals surface area (Å²) in [6, 6.07) is 6.18. The Morgan fingerprint density at radius 3 is 1.50 bits per heavy atom. The molecular formula is C80H136N10O4. The predicted octanol–water partition coefficient (Wildman–Crippen LogP) is 15.4. The van der Waals surface area contributed by atoms with Crippen molar-refractivity contribution in [2.45, 2.75) is 412 Å². The van der Waals surface area contributed by atoms with Gasteiger partial charge in [-0.25, -0.2) is 0 Å². The second kappa shape index (κ2) is 32.1. The smallest absolute Gasteiger partial charge is 0.226 e. The van der Waals surface area contributed by atoms with Crippen LogP contribution in [0, 0.1) is 76.9 Å². The third kappa shape index (κ3) is 15.4. The van der Waals surface area contributed by atoms with Crippen LogP contribution in [0.1, 0.15) is 309 Å². The lowest BCUT2D eigenvalue weighted by Crippen LogP contribution is -2.59. The second-order valence-electron chi connectivity index (χ2n) is 36.1. The molecule has 0 aromatic heterocycles. The molecule has 0 radical (unpaired) electrons. The largest absolute Gasteiger partial charge is 0.390 e. The summed E-state index contributed by atoms with van der Waals surface area (Å²) in [4.78, 5) is 24.2.